The van der Waals surface area contributed by atoms with E-state index >= 15 is 0 Å². The normalized spacial score (nSPS) is 11.2. The van der Waals surface area contributed by atoms with Crippen molar-refractivity contribution in [2.45, 2.75) is 13.0 Å². The molecule has 3 N–H and O–H groups in total. The van der Waals surface area contributed by atoms with Crippen LogP contribution >= 0.6 is 0 Å². The average Bonchev–Trinajstić information content (AvgIpc) is 2.52. The van der Waals surface area contributed by atoms with Gasteiger partial charge in [0.15, 0.2) is 6.04 Å². The van der Waals surface area contributed by atoms with Crippen LogP contribution in [0, 0.1) is 0 Å². The van der Waals surface area contributed by atoms with Gasteiger partial charge in [0.05, 0.1) is 20.3 Å². The quantitative estimate of drug-likeness (QED) is 0.660. The molecule has 0 fully saturated rings. The first-order chi connectivity index (χ1) is 10.5. The fourth-order valence-electron chi connectivity index (χ4n) is 1.59. The summed E-state index contributed by atoms with van der Waals surface area (Å²) in [7, 11) is 1.15. The van der Waals surface area contributed by atoms with E-state index in [0.717, 1.165) is 7.11 Å². The summed E-state index contributed by atoms with van der Waals surface area (Å²) in [4.78, 5) is 34.7. The molecule has 0 aromatic heterocycles. The summed E-state index contributed by atoms with van der Waals surface area (Å²) >= 11 is 0. The molecule has 0 aliphatic heterocycles. The monoisotopic (exact) mass is 310 g/mol. The van der Waals surface area contributed by atoms with E-state index in [1.807, 2.05) is 0 Å². The van der Waals surface area contributed by atoms with E-state index < -0.39 is 30.6 Å². The Balaban J connectivity index is 2.77. The SMILES string of the molecule is CCOC(=O)Nc1cccc(C(=O)N[C@@H](CO)C(=O)OC)c1. The lowest BCUT2D eigenvalue weighted by Gasteiger charge is -2.14. The first-order valence-corrected chi connectivity index (χ1v) is 6.55. The van der Waals surface area contributed by atoms with Gasteiger partial charge in [-0.05, 0) is 25.1 Å². The van der Waals surface area contributed by atoms with Gasteiger partial charge >= 0.3 is 12.1 Å². The minimum atomic E-state index is -1.15. The van der Waals surface area contributed by atoms with Crippen molar-refractivity contribution in [3.63, 3.8) is 0 Å². The van der Waals surface area contributed by atoms with Crippen molar-refractivity contribution in [1.82, 2.24) is 5.32 Å². The van der Waals surface area contributed by atoms with E-state index in [-0.39, 0.29) is 12.2 Å². The molecule has 8 nitrogen and oxygen atoms in total. The number of benzene rings is 1. The molecule has 1 aromatic carbocycles. The van der Waals surface area contributed by atoms with Crippen molar-refractivity contribution in [3.8, 4) is 0 Å². The summed E-state index contributed by atoms with van der Waals surface area (Å²) in [6.07, 6.45) is -0.636. The van der Waals surface area contributed by atoms with Crippen LogP contribution in [0.25, 0.3) is 0 Å². The minimum Gasteiger partial charge on any atom is -0.467 e. The third-order valence-corrected chi connectivity index (χ3v) is 2.62. The molecule has 0 radical (unpaired) electrons. The smallest absolute Gasteiger partial charge is 0.411 e. The molecule has 8 heteroatoms. The molecule has 0 spiro atoms. The third-order valence-electron chi connectivity index (χ3n) is 2.62. The van der Waals surface area contributed by atoms with Crippen LogP contribution in [0.2, 0.25) is 0 Å². The van der Waals surface area contributed by atoms with Crippen LogP contribution in [-0.2, 0) is 14.3 Å². The number of anilines is 1. The largest absolute Gasteiger partial charge is 0.467 e. The van der Waals surface area contributed by atoms with Gasteiger partial charge < -0.3 is 19.9 Å². The molecule has 22 heavy (non-hydrogen) atoms. The number of rotatable bonds is 6. The Labute approximate surface area is 127 Å². The van der Waals surface area contributed by atoms with E-state index in [1.165, 1.54) is 12.1 Å². The number of ether oxygens (including phenoxy) is 2. The van der Waals surface area contributed by atoms with Crippen molar-refractivity contribution in [1.29, 1.82) is 0 Å². The topological polar surface area (TPSA) is 114 Å². The number of hydrogen-bond donors (Lipinski definition) is 3. The lowest BCUT2D eigenvalue weighted by molar-refractivity contribution is -0.143. The van der Waals surface area contributed by atoms with Gasteiger partial charge in [-0.15, -0.1) is 0 Å². The average molecular weight is 310 g/mol. The number of nitrogens with one attached hydrogen (secondary N) is 2. The molecule has 2 amide bonds. The van der Waals surface area contributed by atoms with Gasteiger partial charge in [-0.25, -0.2) is 9.59 Å². The number of esters is 1. The maximum atomic E-state index is 12.0. The van der Waals surface area contributed by atoms with Crippen molar-refractivity contribution in [2.24, 2.45) is 0 Å². The number of aliphatic hydroxyl groups is 1. The van der Waals surface area contributed by atoms with Crippen LogP contribution in [0.4, 0.5) is 10.5 Å². The molecule has 0 heterocycles. The van der Waals surface area contributed by atoms with Gasteiger partial charge in [0.2, 0.25) is 0 Å². The highest BCUT2D eigenvalue weighted by Crippen LogP contribution is 2.11. The summed E-state index contributed by atoms with van der Waals surface area (Å²) in [5.41, 5.74) is 0.571. The second-order valence-electron chi connectivity index (χ2n) is 4.16. The lowest BCUT2D eigenvalue weighted by Crippen LogP contribution is -2.44. The Kier molecular flexibility index (Phi) is 6.84. The summed E-state index contributed by atoms with van der Waals surface area (Å²) in [6.45, 7) is 1.31. The molecular formula is C14H18N2O6. The zero-order valence-electron chi connectivity index (χ0n) is 12.3. The Morgan fingerprint density at radius 3 is 2.64 bits per heavy atom. The molecule has 1 aromatic rings. The number of hydrogen-bond acceptors (Lipinski definition) is 6. The van der Waals surface area contributed by atoms with Crippen LogP contribution in [0.1, 0.15) is 17.3 Å². The van der Waals surface area contributed by atoms with Crippen LogP contribution in [0.3, 0.4) is 0 Å². The van der Waals surface area contributed by atoms with Gasteiger partial charge in [-0.1, -0.05) is 6.07 Å². The molecule has 1 rings (SSSR count). The van der Waals surface area contributed by atoms with Crippen molar-refractivity contribution in [3.05, 3.63) is 29.8 Å². The number of carbonyl (C=O) groups excluding carboxylic acids is 3. The van der Waals surface area contributed by atoms with Gasteiger partial charge in [-0.3, -0.25) is 10.1 Å². The van der Waals surface area contributed by atoms with Crippen LogP contribution in [-0.4, -0.2) is 49.4 Å². The molecule has 0 aliphatic rings. The van der Waals surface area contributed by atoms with Gasteiger partial charge in [-0.2, -0.15) is 0 Å². The maximum Gasteiger partial charge on any atom is 0.411 e. The summed E-state index contributed by atoms with van der Waals surface area (Å²) < 4.78 is 9.19. The van der Waals surface area contributed by atoms with Crippen molar-refractivity contribution < 1.29 is 29.0 Å². The number of aliphatic hydroxyl groups excluding tert-OH is 1. The van der Waals surface area contributed by atoms with E-state index in [4.69, 9.17) is 9.84 Å². The predicted molar refractivity (Wildman–Crippen MR) is 77.4 cm³/mol. The molecule has 1 atom stereocenters. The molecular weight excluding hydrogens is 292 g/mol. The van der Waals surface area contributed by atoms with Crippen LogP contribution in [0.15, 0.2) is 24.3 Å². The summed E-state index contributed by atoms with van der Waals surface area (Å²) in [5.74, 6) is -1.34. The standard InChI is InChI=1S/C14H18N2O6/c1-3-22-14(20)15-10-6-4-5-9(7-10)12(18)16-11(8-17)13(19)21-2/h4-7,11,17H,3,8H2,1-2H3,(H,15,20)(H,16,18)/t11-/m0/s1. The number of methoxy groups -OCH3 is 1. The van der Waals surface area contributed by atoms with E-state index in [0.29, 0.717) is 5.69 Å². The summed E-state index contributed by atoms with van der Waals surface area (Å²) in [5, 5.41) is 13.9. The van der Waals surface area contributed by atoms with Crippen LogP contribution < -0.4 is 10.6 Å². The van der Waals surface area contributed by atoms with Crippen molar-refractivity contribution in [2.75, 3.05) is 25.6 Å². The Morgan fingerprint density at radius 1 is 1.32 bits per heavy atom. The molecule has 0 saturated carbocycles. The highest BCUT2D eigenvalue weighted by atomic mass is 16.5. The van der Waals surface area contributed by atoms with Gasteiger partial charge in [0, 0.05) is 11.3 Å². The predicted octanol–water partition coefficient (Wildman–Crippen LogP) is 0.519. The molecule has 0 aliphatic carbocycles. The molecule has 0 unspecified atom stereocenters. The molecule has 0 bridgehead atoms. The van der Waals surface area contributed by atoms with E-state index in [1.54, 1.807) is 19.1 Å². The van der Waals surface area contributed by atoms with Crippen molar-refractivity contribution >= 4 is 23.7 Å². The first kappa shape index (κ1) is 17.4. The Bertz CT molecular complexity index is 546. The second-order valence-corrected chi connectivity index (χ2v) is 4.16. The second kappa shape index (κ2) is 8.63. The van der Waals surface area contributed by atoms with Crippen LogP contribution in [0.5, 0.6) is 0 Å². The highest BCUT2D eigenvalue weighted by Gasteiger charge is 2.21. The fourth-order valence-corrected chi connectivity index (χ4v) is 1.59. The molecule has 120 valence electrons. The van der Waals surface area contributed by atoms with Gasteiger partial charge in [0.1, 0.15) is 0 Å². The first-order valence-electron chi connectivity index (χ1n) is 6.55. The Morgan fingerprint density at radius 2 is 2.05 bits per heavy atom. The highest BCUT2D eigenvalue weighted by molar-refractivity contribution is 5.98. The minimum absolute atomic E-state index is 0.205. The van der Waals surface area contributed by atoms with E-state index in [2.05, 4.69) is 15.4 Å². The maximum absolute atomic E-state index is 12.0. The number of carbonyl (C=O) groups is 3. The van der Waals surface area contributed by atoms with E-state index in [9.17, 15) is 14.4 Å². The molecule has 0 saturated heterocycles. The zero-order chi connectivity index (χ0) is 16.5. The Hall–Kier alpha value is -2.61. The van der Waals surface area contributed by atoms with Gasteiger partial charge in [0.25, 0.3) is 5.91 Å². The lowest BCUT2D eigenvalue weighted by atomic mass is 10.1. The third kappa shape index (κ3) is 5.06. The fraction of sp³-hybridized carbons (Fsp3) is 0.357. The summed E-state index contributed by atoms with van der Waals surface area (Å²) in [6, 6.07) is 4.90. The number of amides is 2. The zero-order valence-corrected chi connectivity index (χ0v) is 12.3.